The number of carboxylic acids is 1. The van der Waals surface area contributed by atoms with E-state index in [1.165, 1.54) is 0 Å². The Morgan fingerprint density at radius 1 is 1.33 bits per heavy atom. The van der Waals surface area contributed by atoms with Crippen molar-refractivity contribution in [3.8, 4) is 0 Å². The molecule has 0 aliphatic heterocycles. The van der Waals surface area contributed by atoms with Crippen LogP contribution in [-0.4, -0.2) is 23.5 Å². The summed E-state index contributed by atoms with van der Waals surface area (Å²) in [6, 6.07) is 5.13. The third kappa shape index (κ3) is 4.45. The van der Waals surface area contributed by atoms with Gasteiger partial charge >= 0.3 is 5.97 Å². The molecule has 98 valence electrons. The molecule has 0 heterocycles. The van der Waals surface area contributed by atoms with Gasteiger partial charge in [0.25, 0.3) is 0 Å². The summed E-state index contributed by atoms with van der Waals surface area (Å²) in [4.78, 5) is 21.4. The zero-order chi connectivity index (χ0) is 13.5. The van der Waals surface area contributed by atoms with Gasteiger partial charge in [0.15, 0.2) is 0 Å². The Kier molecular flexibility index (Phi) is 5.17. The first-order valence-corrected chi connectivity index (χ1v) is 5.87. The first kappa shape index (κ1) is 14.0. The highest BCUT2D eigenvalue weighted by molar-refractivity contribution is 5.89. The molecule has 0 saturated heterocycles. The van der Waals surface area contributed by atoms with E-state index in [1.807, 2.05) is 0 Å². The van der Waals surface area contributed by atoms with Crippen LogP contribution >= 0.6 is 0 Å². The summed E-state index contributed by atoms with van der Waals surface area (Å²) in [5.74, 6) is -1.20. The molecule has 0 spiro atoms. The monoisotopic (exact) mass is 250 g/mol. The number of amides is 1. The fraction of sp³-hybridized carbons (Fsp3) is 0.385. The topological polar surface area (TPSA) is 92.4 Å². The molecule has 0 fully saturated rings. The largest absolute Gasteiger partial charge is 0.478 e. The van der Waals surface area contributed by atoms with Gasteiger partial charge in [-0.2, -0.15) is 0 Å². The summed E-state index contributed by atoms with van der Waals surface area (Å²) in [6.07, 6.45) is 2.01. The molecule has 0 radical (unpaired) electrons. The molecule has 0 unspecified atom stereocenters. The molecule has 0 atom stereocenters. The number of benzene rings is 1. The third-order valence-electron chi connectivity index (χ3n) is 2.64. The van der Waals surface area contributed by atoms with Gasteiger partial charge in [-0.3, -0.25) is 4.79 Å². The number of nitrogens with one attached hydrogen (secondary N) is 1. The number of aryl methyl sites for hydroxylation is 1. The Balaban J connectivity index is 2.42. The molecule has 5 heteroatoms. The van der Waals surface area contributed by atoms with E-state index in [4.69, 9.17) is 10.8 Å². The fourth-order valence-corrected chi connectivity index (χ4v) is 1.67. The number of primary amides is 1. The molecule has 4 N–H and O–H groups in total. The second-order valence-corrected chi connectivity index (χ2v) is 4.19. The van der Waals surface area contributed by atoms with Crippen molar-refractivity contribution < 1.29 is 14.7 Å². The minimum Gasteiger partial charge on any atom is -0.478 e. The average Bonchev–Trinajstić information content (AvgIpc) is 2.27. The molecule has 18 heavy (non-hydrogen) atoms. The van der Waals surface area contributed by atoms with Gasteiger partial charge in [-0.25, -0.2) is 4.79 Å². The maximum atomic E-state index is 10.8. The lowest BCUT2D eigenvalue weighted by Gasteiger charge is -2.08. The summed E-state index contributed by atoms with van der Waals surface area (Å²) in [5, 5.41) is 12.1. The number of hydrogen-bond donors (Lipinski definition) is 3. The maximum absolute atomic E-state index is 10.8. The Labute approximate surface area is 106 Å². The minimum absolute atomic E-state index is 0.281. The highest BCUT2D eigenvalue weighted by Gasteiger charge is 2.06. The highest BCUT2D eigenvalue weighted by Crippen LogP contribution is 2.15. The third-order valence-corrected chi connectivity index (χ3v) is 2.64. The quantitative estimate of drug-likeness (QED) is 0.643. The van der Waals surface area contributed by atoms with Crippen LogP contribution in [0.5, 0.6) is 0 Å². The number of carboxylic acid groups (broad SMARTS) is 1. The van der Waals surface area contributed by atoms with E-state index in [0.29, 0.717) is 12.0 Å². The van der Waals surface area contributed by atoms with E-state index >= 15 is 0 Å². The van der Waals surface area contributed by atoms with E-state index in [-0.39, 0.29) is 5.91 Å². The number of rotatable bonds is 7. The van der Waals surface area contributed by atoms with Gasteiger partial charge in [-0.05, 0) is 43.5 Å². The van der Waals surface area contributed by atoms with Crippen LogP contribution in [0.1, 0.15) is 35.2 Å². The molecular weight excluding hydrogens is 232 g/mol. The van der Waals surface area contributed by atoms with Gasteiger partial charge in [0.2, 0.25) is 5.91 Å². The standard InChI is InChI=1S/C13H18N2O3/c1-9-8-10(5-6-11(9)13(17)18)15-7-3-2-4-12(14)16/h5-6,8,15H,2-4,7H2,1H3,(H2,14,16)(H,17,18). The lowest BCUT2D eigenvalue weighted by atomic mass is 10.1. The van der Waals surface area contributed by atoms with E-state index in [9.17, 15) is 9.59 Å². The van der Waals surface area contributed by atoms with Gasteiger partial charge in [-0.1, -0.05) is 0 Å². The SMILES string of the molecule is Cc1cc(NCCCCC(N)=O)ccc1C(=O)O. The van der Waals surface area contributed by atoms with Crippen molar-refractivity contribution in [2.45, 2.75) is 26.2 Å². The van der Waals surface area contributed by atoms with Crippen LogP contribution in [0, 0.1) is 6.92 Å². The first-order valence-electron chi connectivity index (χ1n) is 5.87. The Bertz CT molecular complexity index is 444. The van der Waals surface area contributed by atoms with Crippen molar-refractivity contribution in [2.24, 2.45) is 5.73 Å². The van der Waals surface area contributed by atoms with Crippen molar-refractivity contribution in [1.82, 2.24) is 0 Å². The van der Waals surface area contributed by atoms with Gasteiger partial charge < -0.3 is 16.2 Å². The number of unbranched alkanes of at least 4 members (excludes halogenated alkanes) is 1. The summed E-state index contributed by atoms with van der Waals surface area (Å²) in [5.41, 5.74) is 6.96. The van der Waals surface area contributed by atoms with Crippen molar-refractivity contribution in [3.05, 3.63) is 29.3 Å². The number of hydrogen-bond acceptors (Lipinski definition) is 3. The summed E-state index contributed by atoms with van der Waals surface area (Å²) in [7, 11) is 0. The maximum Gasteiger partial charge on any atom is 0.335 e. The molecule has 0 bridgehead atoms. The molecule has 0 aliphatic rings. The molecular formula is C13H18N2O3. The molecule has 1 aromatic carbocycles. The normalized spacial score (nSPS) is 10.1. The van der Waals surface area contributed by atoms with E-state index in [0.717, 1.165) is 30.6 Å². The van der Waals surface area contributed by atoms with Crippen LogP contribution in [0.2, 0.25) is 0 Å². The fourth-order valence-electron chi connectivity index (χ4n) is 1.67. The zero-order valence-electron chi connectivity index (χ0n) is 10.4. The smallest absolute Gasteiger partial charge is 0.335 e. The Morgan fingerprint density at radius 3 is 2.61 bits per heavy atom. The van der Waals surface area contributed by atoms with Gasteiger partial charge in [0.05, 0.1) is 5.56 Å². The average molecular weight is 250 g/mol. The molecule has 0 aliphatic carbocycles. The number of carbonyl (C=O) groups excluding carboxylic acids is 1. The zero-order valence-corrected chi connectivity index (χ0v) is 10.4. The summed E-state index contributed by atoms with van der Waals surface area (Å²) >= 11 is 0. The van der Waals surface area contributed by atoms with Crippen molar-refractivity contribution in [3.63, 3.8) is 0 Å². The lowest BCUT2D eigenvalue weighted by Crippen LogP contribution is -2.11. The van der Waals surface area contributed by atoms with Gasteiger partial charge in [-0.15, -0.1) is 0 Å². The lowest BCUT2D eigenvalue weighted by molar-refractivity contribution is -0.118. The summed E-state index contributed by atoms with van der Waals surface area (Å²) in [6.45, 7) is 2.50. The predicted octanol–water partition coefficient (Wildman–Crippen LogP) is 1.76. The van der Waals surface area contributed by atoms with Crippen molar-refractivity contribution in [2.75, 3.05) is 11.9 Å². The Hall–Kier alpha value is -2.04. The van der Waals surface area contributed by atoms with E-state index in [1.54, 1.807) is 25.1 Å². The molecule has 1 aromatic rings. The summed E-state index contributed by atoms with van der Waals surface area (Å²) < 4.78 is 0. The molecule has 1 rings (SSSR count). The minimum atomic E-state index is -0.916. The van der Waals surface area contributed by atoms with Crippen LogP contribution in [-0.2, 0) is 4.79 Å². The first-order chi connectivity index (χ1) is 8.50. The van der Waals surface area contributed by atoms with E-state index < -0.39 is 5.97 Å². The van der Waals surface area contributed by atoms with Crippen LogP contribution < -0.4 is 11.1 Å². The number of carbonyl (C=O) groups is 2. The molecule has 1 amide bonds. The van der Waals surface area contributed by atoms with Crippen LogP contribution in [0.4, 0.5) is 5.69 Å². The van der Waals surface area contributed by atoms with Crippen LogP contribution in [0.15, 0.2) is 18.2 Å². The second-order valence-electron chi connectivity index (χ2n) is 4.19. The van der Waals surface area contributed by atoms with Crippen LogP contribution in [0.3, 0.4) is 0 Å². The van der Waals surface area contributed by atoms with Crippen LogP contribution in [0.25, 0.3) is 0 Å². The van der Waals surface area contributed by atoms with Crippen molar-refractivity contribution in [1.29, 1.82) is 0 Å². The highest BCUT2D eigenvalue weighted by atomic mass is 16.4. The van der Waals surface area contributed by atoms with Gasteiger partial charge in [0, 0.05) is 18.7 Å². The predicted molar refractivity (Wildman–Crippen MR) is 69.7 cm³/mol. The number of aromatic carboxylic acids is 1. The number of anilines is 1. The van der Waals surface area contributed by atoms with Gasteiger partial charge in [0.1, 0.15) is 0 Å². The number of nitrogens with two attached hydrogens (primary N) is 1. The molecule has 5 nitrogen and oxygen atoms in total. The van der Waals surface area contributed by atoms with E-state index in [2.05, 4.69) is 5.32 Å². The molecule has 0 saturated carbocycles. The molecule has 0 aromatic heterocycles. The van der Waals surface area contributed by atoms with Crippen molar-refractivity contribution >= 4 is 17.6 Å². The Morgan fingerprint density at radius 2 is 2.06 bits per heavy atom. The second kappa shape index (κ2) is 6.64.